The van der Waals surface area contributed by atoms with Gasteiger partial charge in [-0.2, -0.15) is 0 Å². The molecule has 0 radical (unpaired) electrons. The predicted octanol–water partition coefficient (Wildman–Crippen LogP) is 0.725. The Morgan fingerprint density at radius 3 is 2.67 bits per heavy atom. The summed E-state index contributed by atoms with van der Waals surface area (Å²) in [5.74, 6) is -1.38. The number of carboxylic acid groups (broad SMARTS) is 1. The summed E-state index contributed by atoms with van der Waals surface area (Å²) in [4.78, 5) is 22.3. The van der Waals surface area contributed by atoms with Crippen LogP contribution < -0.4 is 5.32 Å². The smallest absolute Gasteiger partial charge is 0.358 e. The molecule has 110 valence electrons. The Hall–Kier alpha value is -2.70. The number of carbonyl (C=O) groups is 2. The van der Waals surface area contributed by atoms with Gasteiger partial charge in [0, 0.05) is 6.54 Å². The minimum atomic E-state index is -1.16. The van der Waals surface area contributed by atoms with Crippen LogP contribution in [0.4, 0.5) is 0 Å². The highest BCUT2D eigenvalue weighted by Crippen LogP contribution is 2.01. The molecule has 0 fully saturated rings. The van der Waals surface area contributed by atoms with Gasteiger partial charge in [0.15, 0.2) is 5.69 Å². The quantitative estimate of drug-likeness (QED) is 0.732. The molecule has 1 amide bonds. The molecule has 1 heterocycles. The number of nitrogens with one attached hydrogen (secondary N) is 1. The Labute approximate surface area is 121 Å². The van der Waals surface area contributed by atoms with Crippen LogP contribution in [0.3, 0.4) is 0 Å². The number of hydrogen-bond donors (Lipinski definition) is 2. The van der Waals surface area contributed by atoms with Crippen molar-refractivity contribution < 1.29 is 14.7 Å². The highest BCUT2D eigenvalue weighted by atomic mass is 16.4. The number of carboxylic acids is 1. The number of aromatic carboxylic acids is 1. The van der Waals surface area contributed by atoms with E-state index >= 15 is 0 Å². The molecule has 0 spiro atoms. The molecule has 7 heteroatoms. The zero-order chi connectivity index (χ0) is 15.1. The van der Waals surface area contributed by atoms with E-state index < -0.39 is 5.97 Å². The molecule has 0 bridgehead atoms. The first-order chi connectivity index (χ1) is 10.1. The van der Waals surface area contributed by atoms with Crippen molar-refractivity contribution >= 4 is 11.9 Å². The van der Waals surface area contributed by atoms with Crippen molar-refractivity contribution in [2.45, 2.75) is 19.4 Å². The Bertz CT molecular complexity index is 610. The van der Waals surface area contributed by atoms with Crippen LogP contribution in [0, 0.1) is 0 Å². The number of carbonyl (C=O) groups excluding carboxylic acids is 1. The van der Waals surface area contributed by atoms with E-state index in [2.05, 4.69) is 15.6 Å². The minimum Gasteiger partial charge on any atom is -0.476 e. The molecule has 2 N–H and O–H groups in total. The van der Waals surface area contributed by atoms with Gasteiger partial charge in [0.2, 0.25) is 5.91 Å². The first-order valence-corrected chi connectivity index (χ1v) is 6.59. The predicted molar refractivity (Wildman–Crippen MR) is 74.8 cm³/mol. The van der Waals surface area contributed by atoms with Gasteiger partial charge in [-0.3, -0.25) is 4.79 Å². The highest BCUT2D eigenvalue weighted by molar-refractivity contribution is 5.84. The van der Waals surface area contributed by atoms with Crippen molar-refractivity contribution in [3.63, 3.8) is 0 Å². The molecule has 0 aliphatic carbocycles. The van der Waals surface area contributed by atoms with E-state index in [-0.39, 0.29) is 18.1 Å². The Morgan fingerprint density at radius 2 is 2.00 bits per heavy atom. The van der Waals surface area contributed by atoms with Gasteiger partial charge in [-0.05, 0) is 18.4 Å². The summed E-state index contributed by atoms with van der Waals surface area (Å²) in [6.07, 6.45) is 2.97. The van der Waals surface area contributed by atoms with Gasteiger partial charge in [0.05, 0.1) is 6.20 Å². The monoisotopic (exact) mass is 288 g/mol. The van der Waals surface area contributed by atoms with Gasteiger partial charge in [-0.1, -0.05) is 35.5 Å². The normalized spacial score (nSPS) is 10.3. The number of hydrogen-bond acceptors (Lipinski definition) is 4. The van der Waals surface area contributed by atoms with Crippen molar-refractivity contribution in [1.29, 1.82) is 0 Å². The Morgan fingerprint density at radius 1 is 1.24 bits per heavy atom. The van der Waals surface area contributed by atoms with Gasteiger partial charge in [-0.25, -0.2) is 9.48 Å². The second-order valence-corrected chi connectivity index (χ2v) is 4.55. The van der Waals surface area contributed by atoms with Crippen LogP contribution in [-0.2, 0) is 17.8 Å². The minimum absolute atomic E-state index is 0.0361. The molecule has 2 rings (SSSR count). The largest absolute Gasteiger partial charge is 0.476 e. The van der Waals surface area contributed by atoms with Gasteiger partial charge < -0.3 is 10.4 Å². The van der Waals surface area contributed by atoms with Crippen molar-refractivity contribution in [2.24, 2.45) is 0 Å². The highest BCUT2D eigenvalue weighted by Gasteiger charge is 2.10. The molecule has 21 heavy (non-hydrogen) atoms. The van der Waals surface area contributed by atoms with E-state index in [1.807, 2.05) is 30.3 Å². The van der Waals surface area contributed by atoms with Gasteiger partial charge in [0.1, 0.15) is 6.54 Å². The molecule has 2 aromatic rings. The summed E-state index contributed by atoms with van der Waals surface area (Å²) in [5, 5.41) is 18.5. The molecule has 0 atom stereocenters. The van der Waals surface area contributed by atoms with Crippen LogP contribution in [-0.4, -0.2) is 38.5 Å². The second kappa shape index (κ2) is 7.18. The lowest BCUT2D eigenvalue weighted by Crippen LogP contribution is -2.28. The molecule has 7 nitrogen and oxygen atoms in total. The summed E-state index contributed by atoms with van der Waals surface area (Å²) in [6, 6.07) is 10.0. The molecular formula is C14H16N4O3. The lowest BCUT2D eigenvalue weighted by atomic mass is 10.1. The fourth-order valence-corrected chi connectivity index (χ4v) is 1.84. The van der Waals surface area contributed by atoms with E-state index in [4.69, 9.17) is 5.11 Å². The summed E-state index contributed by atoms with van der Waals surface area (Å²) >= 11 is 0. The summed E-state index contributed by atoms with van der Waals surface area (Å²) in [5.41, 5.74) is 1.06. The van der Waals surface area contributed by atoms with Crippen LogP contribution in [0.2, 0.25) is 0 Å². The molecule has 0 aliphatic rings. The van der Waals surface area contributed by atoms with Crippen LogP contribution >= 0.6 is 0 Å². The van der Waals surface area contributed by atoms with Crippen LogP contribution in [0.25, 0.3) is 0 Å². The summed E-state index contributed by atoms with van der Waals surface area (Å²) in [7, 11) is 0. The van der Waals surface area contributed by atoms with Crippen molar-refractivity contribution in [1.82, 2.24) is 20.3 Å². The van der Waals surface area contributed by atoms with Crippen LogP contribution in [0.5, 0.6) is 0 Å². The fourth-order valence-electron chi connectivity index (χ4n) is 1.84. The average molecular weight is 288 g/mol. The van der Waals surface area contributed by atoms with E-state index in [1.54, 1.807) is 0 Å². The molecule has 1 aromatic heterocycles. The Kier molecular flexibility index (Phi) is 5.03. The second-order valence-electron chi connectivity index (χ2n) is 4.55. The van der Waals surface area contributed by atoms with E-state index in [0.717, 1.165) is 12.8 Å². The van der Waals surface area contributed by atoms with E-state index in [9.17, 15) is 9.59 Å². The maximum Gasteiger partial charge on any atom is 0.358 e. The van der Waals surface area contributed by atoms with E-state index in [0.29, 0.717) is 6.54 Å². The molecule has 0 unspecified atom stereocenters. The first kappa shape index (κ1) is 14.7. The summed E-state index contributed by atoms with van der Waals surface area (Å²) < 4.78 is 1.20. The third-order valence-corrected chi connectivity index (χ3v) is 2.87. The van der Waals surface area contributed by atoms with Gasteiger partial charge in [-0.15, -0.1) is 5.10 Å². The van der Waals surface area contributed by atoms with E-state index in [1.165, 1.54) is 16.4 Å². The number of nitrogens with zero attached hydrogens (tertiary/aromatic N) is 3. The number of amides is 1. The standard InChI is InChI=1S/C14H16N4O3/c19-13(10-18-9-12(14(20)21)16-17-18)15-8-4-7-11-5-2-1-3-6-11/h1-3,5-6,9H,4,7-8,10H2,(H,15,19)(H,20,21). The molecule has 0 saturated heterocycles. The molecule has 1 aromatic carbocycles. The molecule has 0 saturated carbocycles. The van der Waals surface area contributed by atoms with Crippen LogP contribution in [0.1, 0.15) is 22.5 Å². The number of aromatic nitrogens is 3. The van der Waals surface area contributed by atoms with Crippen molar-refractivity contribution in [2.75, 3.05) is 6.54 Å². The topological polar surface area (TPSA) is 97.1 Å². The number of rotatable bonds is 7. The first-order valence-electron chi connectivity index (χ1n) is 6.59. The van der Waals surface area contributed by atoms with Crippen molar-refractivity contribution in [3.8, 4) is 0 Å². The third kappa shape index (κ3) is 4.72. The molecular weight excluding hydrogens is 272 g/mol. The Balaban J connectivity index is 1.68. The lowest BCUT2D eigenvalue weighted by Gasteiger charge is -2.05. The average Bonchev–Trinajstić information content (AvgIpc) is 2.93. The van der Waals surface area contributed by atoms with Gasteiger partial charge >= 0.3 is 5.97 Å². The zero-order valence-electron chi connectivity index (χ0n) is 11.4. The zero-order valence-corrected chi connectivity index (χ0v) is 11.4. The third-order valence-electron chi connectivity index (χ3n) is 2.87. The maximum absolute atomic E-state index is 11.7. The SMILES string of the molecule is O=C(Cn1cc(C(=O)O)nn1)NCCCc1ccccc1. The maximum atomic E-state index is 11.7. The fraction of sp³-hybridized carbons (Fsp3) is 0.286. The van der Waals surface area contributed by atoms with Gasteiger partial charge in [0.25, 0.3) is 0 Å². The molecule has 0 aliphatic heterocycles. The summed E-state index contributed by atoms with van der Waals surface area (Å²) in [6.45, 7) is 0.528. The number of benzene rings is 1. The van der Waals surface area contributed by atoms with Crippen molar-refractivity contribution in [3.05, 3.63) is 47.8 Å². The number of aryl methyl sites for hydroxylation is 1. The lowest BCUT2D eigenvalue weighted by molar-refractivity contribution is -0.121. The van der Waals surface area contributed by atoms with Crippen LogP contribution in [0.15, 0.2) is 36.5 Å².